The topological polar surface area (TPSA) is 201 Å². The molecule has 3 atom stereocenters. The van der Waals surface area contributed by atoms with Crippen LogP contribution in [0.4, 0.5) is 14.4 Å². The van der Waals surface area contributed by atoms with Crippen LogP contribution in [0.3, 0.4) is 0 Å². The van der Waals surface area contributed by atoms with Crippen molar-refractivity contribution in [3.8, 4) is 34.5 Å². The van der Waals surface area contributed by atoms with E-state index in [2.05, 4.69) is 30.1 Å². The summed E-state index contributed by atoms with van der Waals surface area (Å²) in [5.74, 6) is 3.80. The summed E-state index contributed by atoms with van der Waals surface area (Å²) in [6.07, 6.45) is 12.1. The quantitative estimate of drug-likeness (QED) is 0.0338. The van der Waals surface area contributed by atoms with Crippen LogP contribution in [0.2, 0.25) is 30.1 Å². The minimum absolute atomic E-state index is 0.344. The summed E-state index contributed by atoms with van der Waals surface area (Å²) >= 11 is 37.1. The Bertz CT molecular complexity index is 5250. The van der Waals surface area contributed by atoms with Crippen LogP contribution in [0.25, 0.3) is 32.7 Å². The van der Waals surface area contributed by atoms with Crippen molar-refractivity contribution in [2.24, 2.45) is 0 Å². The van der Waals surface area contributed by atoms with Crippen molar-refractivity contribution in [2.75, 3.05) is 119 Å². The molecular formula is C97H103Cl6N9O11. The number of ether oxygens (including phenoxy) is 8. The molecule has 5 aliphatic rings. The van der Waals surface area contributed by atoms with Gasteiger partial charge in [-0.05, 0) is 313 Å². The average Bonchev–Trinajstić information content (AvgIpc) is 1.64. The number of nitrogens with zero attached hydrogens (tertiary/aromatic N) is 5. The van der Waals surface area contributed by atoms with Crippen molar-refractivity contribution in [3.05, 3.63) is 281 Å². The molecule has 4 N–H and O–H groups in total. The molecule has 20 nitrogen and oxygen atoms in total. The Morgan fingerprint density at radius 3 is 1.02 bits per heavy atom. The molecule has 0 radical (unpaired) electrons. The van der Waals surface area contributed by atoms with Gasteiger partial charge in [0.25, 0.3) is 0 Å². The molecule has 0 saturated carbocycles. The van der Waals surface area contributed by atoms with Crippen LogP contribution in [0.1, 0.15) is 133 Å². The summed E-state index contributed by atoms with van der Waals surface area (Å²) in [6.45, 7) is 14.6. The lowest BCUT2D eigenvalue weighted by atomic mass is 9.92. The van der Waals surface area contributed by atoms with Gasteiger partial charge in [0.05, 0.1) is 33.0 Å². The second-order valence-electron chi connectivity index (χ2n) is 31.5. The number of carbonyl (C=O) groups is 3. The van der Waals surface area contributed by atoms with E-state index in [1.807, 2.05) is 127 Å². The van der Waals surface area contributed by atoms with Gasteiger partial charge in [-0.15, -0.1) is 0 Å². The van der Waals surface area contributed by atoms with Crippen molar-refractivity contribution in [1.82, 2.24) is 44.8 Å². The van der Waals surface area contributed by atoms with Gasteiger partial charge < -0.3 is 63.1 Å². The molecular weight excluding hydrogens is 1680 g/mol. The van der Waals surface area contributed by atoms with Crippen molar-refractivity contribution >= 4 is 121 Å². The highest BCUT2D eigenvalue weighted by Crippen LogP contribution is 2.45. The summed E-state index contributed by atoms with van der Waals surface area (Å²) in [4.78, 5) is 61.5. The maximum Gasteiger partial charge on any atom is 0.416 e. The van der Waals surface area contributed by atoms with Gasteiger partial charge in [-0.2, -0.15) is 0 Å². The van der Waals surface area contributed by atoms with Crippen LogP contribution in [0.5, 0.6) is 34.5 Å². The number of aromatic nitrogens is 3. The molecule has 3 amide bonds. The Morgan fingerprint density at radius 2 is 0.675 bits per heavy atom. The first kappa shape index (κ1) is 88.2. The number of hydrogen-bond donors (Lipinski definition) is 4. The molecule has 644 valence electrons. The molecule has 17 rings (SSSR count). The number of hydrogen-bond acceptors (Lipinski definition) is 14. The summed E-state index contributed by atoms with van der Waals surface area (Å²) < 4.78 is 45.9. The first-order valence-corrected chi connectivity index (χ1v) is 44.9. The first-order chi connectivity index (χ1) is 60.1. The fourth-order valence-electron chi connectivity index (χ4n) is 16.9. The summed E-state index contributed by atoms with van der Waals surface area (Å²) in [7, 11) is 1.72. The number of likely N-dealkylation sites (tertiary alicyclic amines) is 1. The number of H-pyrrole nitrogens is 3. The number of morpholine rings is 1. The highest BCUT2D eigenvalue weighted by Gasteiger charge is 2.40. The van der Waals surface area contributed by atoms with Crippen molar-refractivity contribution < 1.29 is 52.3 Å². The summed E-state index contributed by atoms with van der Waals surface area (Å²) in [6, 6.07) is 61.0. The number of nitrogens with one attached hydrogen (secondary N) is 4. The molecule has 9 aromatic carbocycles. The van der Waals surface area contributed by atoms with E-state index < -0.39 is 18.3 Å². The van der Waals surface area contributed by atoms with E-state index in [1.165, 1.54) is 49.0 Å². The number of unbranched alkanes of at least 4 members (excludes halogenated alkanes) is 3. The fraction of sp³-hybridized carbons (Fsp3) is 0.351. The molecule has 3 unspecified atom stereocenters. The standard InChI is InChI=1S/C33H35Cl2N3O3.C32H33Cl2N3O4.C32H35Cl2N3O4/c34-24-8-13-27(14-9-24)41-33(39)38-20-16-28-29-22-25(35)10-15-30(29)36-31(28)32(38)23-6-11-26(12-7-23)40-21-5-4-19-37-17-2-1-3-18-37;33-23-5-10-26(11-6-23)41-32(38)37-15-13-27-28-21-24(34)7-12-29(28)35-30(27)31(37)22-3-8-25(9-4-22)40-18-2-1-14-36-16-19-39-20-17-36;1-39-19-4-17-35-16-2-3-20-40-25-10-5-22(6-11-25)31-30-27(28-21-24(34)9-14-29(28)36-30)15-18-37(31)32(38)41-26-12-7-23(33)8-13-26/h6-15,22,32,36H,1-5,16-21H2;3-12,21,31,35H,1-2,13-20H2;5-14,21,31,35-36H,2-4,15-20H2,1H3. The van der Waals surface area contributed by atoms with E-state index in [1.54, 1.807) is 94.6 Å². The number of carbonyl (C=O) groups excluding carboxylic acids is 3. The Hall–Kier alpha value is -9.65. The van der Waals surface area contributed by atoms with Crippen molar-refractivity contribution in [1.29, 1.82) is 0 Å². The molecule has 2 fully saturated rings. The zero-order valence-corrected chi connectivity index (χ0v) is 73.5. The SMILES string of the molecule is COCCCNCCCCOc1ccc(C2c3[nH]c4ccc(Cl)cc4c3CCN2C(=O)Oc2ccc(Cl)cc2)cc1.O=C(Oc1ccc(Cl)cc1)N1CCc2c([nH]c3ccc(Cl)cc23)C1c1ccc(OCCCCN2CCCCC2)cc1.O=C(Oc1ccc(Cl)cc1)N1CCc2c([nH]c3ccc(Cl)cc23)C1c1ccc(OCCCCN2CCOCC2)cc1. The van der Waals surface area contributed by atoms with Crippen LogP contribution in [0, 0.1) is 0 Å². The first-order valence-electron chi connectivity index (χ1n) is 42.7. The maximum atomic E-state index is 13.5. The van der Waals surface area contributed by atoms with Gasteiger partial charge in [0.1, 0.15) is 52.6 Å². The van der Waals surface area contributed by atoms with Crippen LogP contribution in [-0.2, 0) is 28.7 Å². The van der Waals surface area contributed by atoms with Gasteiger partial charge in [0, 0.05) is 126 Å². The molecule has 8 heterocycles. The van der Waals surface area contributed by atoms with Crippen LogP contribution in [-0.4, -0.2) is 176 Å². The molecule has 5 aliphatic heterocycles. The third kappa shape index (κ3) is 23.1. The summed E-state index contributed by atoms with van der Waals surface area (Å²) in [5, 5.41) is 10.5. The van der Waals surface area contributed by atoms with E-state index in [-0.39, 0.29) is 18.1 Å². The number of benzene rings is 9. The van der Waals surface area contributed by atoms with Gasteiger partial charge in [-0.1, -0.05) is 112 Å². The van der Waals surface area contributed by atoms with Crippen LogP contribution < -0.4 is 33.7 Å². The minimum Gasteiger partial charge on any atom is -0.494 e. The maximum absolute atomic E-state index is 13.5. The van der Waals surface area contributed by atoms with Gasteiger partial charge in [0.2, 0.25) is 0 Å². The fourth-order valence-corrected chi connectivity index (χ4v) is 17.8. The van der Waals surface area contributed by atoms with Crippen LogP contribution >= 0.6 is 69.6 Å². The largest absolute Gasteiger partial charge is 0.494 e. The Morgan fingerprint density at radius 1 is 0.358 bits per heavy atom. The van der Waals surface area contributed by atoms with E-state index >= 15 is 0 Å². The third-order valence-corrected chi connectivity index (χ3v) is 24.6. The van der Waals surface area contributed by atoms with Gasteiger partial charge in [-0.25, -0.2) is 14.4 Å². The lowest BCUT2D eigenvalue weighted by Gasteiger charge is -2.35. The molecule has 123 heavy (non-hydrogen) atoms. The summed E-state index contributed by atoms with van der Waals surface area (Å²) in [5.41, 5.74) is 12.3. The zero-order valence-electron chi connectivity index (χ0n) is 69.0. The number of methoxy groups -OCH3 is 1. The monoisotopic (exact) mass is 1780 g/mol. The smallest absolute Gasteiger partial charge is 0.416 e. The normalized spacial score (nSPS) is 16.5. The van der Waals surface area contributed by atoms with Gasteiger partial charge in [0.15, 0.2) is 0 Å². The van der Waals surface area contributed by atoms with Crippen molar-refractivity contribution in [3.63, 3.8) is 0 Å². The molecule has 2 saturated heterocycles. The predicted molar refractivity (Wildman–Crippen MR) is 490 cm³/mol. The second-order valence-corrected chi connectivity index (χ2v) is 34.1. The lowest BCUT2D eigenvalue weighted by Crippen LogP contribution is -2.42. The van der Waals surface area contributed by atoms with E-state index in [0.29, 0.717) is 106 Å². The molecule has 3 aromatic heterocycles. The van der Waals surface area contributed by atoms with Crippen molar-refractivity contribution in [2.45, 2.75) is 102 Å². The number of piperidine rings is 1. The van der Waals surface area contributed by atoms with E-state index in [0.717, 1.165) is 188 Å². The Balaban J connectivity index is 0.000000143. The lowest BCUT2D eigenvalue weighted by molar-refractivity contribution is 0.0368. The highest BCUT2D eigenvalue weighted by atomic mass is 35.5. The van der Waals surface area contributed by atoms with E-state index in [4.69, 9.17) is 108 Å². The molecule has 12 aromatic rings. The van der Waals surface area contributed by atoms with E-state index in [9.17, 15) is 14.4 Å². The molecule has 26 heteroatoms. The molecule has 0 bridgehead atoms. The number of halogens is 6. The predicted octanol–water partition coefficient (Wildman–Crippen LogP) is 22.8. The van der Waals surface area contributed by atoms with Gasteiger partial charge in [-0.3, -0.25) is 19.6 Å². The number of rotatable bonds is 28. The average molecular weight is 1780 g/mol. The highest BCUT2D eigenvalue weighted by molar-refractivity contribution is 6.32. The Labute approximate surface area is 748 Å². The minimum atomic E-state index is -0.421. The Kier molecular flexibility index (Phi) is 31.1. The number of aromatic amines is 3. The second kappa shape index (κ2) is 43.3. The van der Waals surface area contributed by atoms with Gasteiger partial charge >= 0.3 is 18.3 Å². The molecule has 0 spiro atoms. The zero-order chi connectivity index (χ0) is 85.0. The van der Waals surface area contributed by atoms with Crippen LogP contribution in [0.15, 0.2) is 200 Å². The number of amides is 3. The number of fused-ring (bicyclic) bond motifs is 9. The third-order valence-electron chi connectivity index (χ3n) is 23.2. The molecule has 0 aliphatic carbocycles.